The van der Waals surface area contributed by atoms with Crippen molar-refractivity contribution in [1.29, 1.82) is 0 Å². The largest absolute Gasteiger partial charge is 0.493 e. The van der Waals surface area contributed by atoms with Gasteiger partial charge in [-0.2, -0.15) is 9.78 Å². The summed E-state index contributed by atoms with van der Waals surface area (Å²) in [6.45, 7) is 6.05. The number of carbonyl (C=O) groups is 1. The van der Waals surface area contributed by atoms with E-state index in [-0.39, 0.29) is 28.2 Å². The molecule has 6 aromatic rings. The molecular formula is C40H37F2N5O5. The zero-order valence-corrected chi connectivity index (χ0v) is 28.8. The van der Waals surface area contributed by atoms with Gasteiger partial charge >= 0.3 is 0 Å². The van der Waals surface area contributed by atoms with Gasteiger partial charge in [0.2, 0.25) is 0 Å². The Morgan fingerprint density at radius 1 is 0.885 bits per heavy atom. The molecule has 266 valence electrons. The molecule has 0 radical (unpaired) electrons. The van der Waals surface area contributed by atoms with Gasteiger partial charge in [-0.05, 0) is 86.8 Å². The molecule has 0 bridgehead atoms. The van der Waals surface area contributed by atoms with Crippen LogP contribution in [0.2, 0.25) is 0 Å². The molecule has 52 heavy (non-hydrogen) atoms. The Bertz CT molecular complexity index is 2320. The Balaban J connectivity index is 1.07. The molecule has 1 N–H and O–H groups in total. The van der Waals surface area contributed by atoms with Gasteiger partial charge in [0.25, 0.3) is 11.5 Å². The van der Waals surface area contributed by atoms with Crippen molar-refractivity contribution >= 4 is 33.3 Å². The average molecular weight is 706 g/mol. The summed E-state index contributed by atoms with van der Waals surface area (Å²) in [6, 6.07) is 21.0. The lowest BCUT2D eigenvalue weighted by atomic mass is 9.99. The van der Waals surface area contributed by atoms with Crippen LogP contribution in [0.5, 0.6) is 23.0 Å². The molecule has 2 aromatic heterocycles. The monoisotopic (exact) mass is 705 g/mol. The fourth-order valence-corrected chi connectivity index (χ4v) is 6.36. The van der Waals surface area contributed by atoms with Crippen LogP contribution in [-0.2, 0) is 0 Å². The Morgan fingerprint density at radius 3 is 2.46 bits per heavy atom. The standard InChI is InChI=1S/C40H37F2N5O5/c1-25-14-18-46(19-15-25)17-6-20-51-37-24-33-31(23-36(37)50-2)34(13-16-43-33)52-35-12-11-27(22-32(35)42)44-39(48)38-29-9-3-4-10-30(29)40(49)47(45-38)28-8-5-7-26(41)21-28/h3-5,7-13,16,21-25H,6,14-15,17-20H2,1-2H3,(H,44,48). The summed E-state index contributed by atoms with van der Waals surface area (Å²) in [4.78, 5) is 33.7. The molecule has 0 saturated carbocycles. The highest BCUT2D eigenvalue weighted by Crippen LogP contribution is 2.38. The molecule has 1 aliphatic rings. The van der Waals surface area contributed by atoms with Gasteiger partial charge in [-0.25, -0.2) is 8.78 Å². The second-order valence-corrected chi connectivity index (χ2v) is 12.8. The van der Waals surface area contributed by atoms with Gasteiger partial charge in [0.15, 0.2) is 28.8 Å². The van der Waals surface area contributed by atoms with Gasteiger partial charge in [-0.3, -0.25) is 14.6 Å². The second-order valence-electron chi connectivity index (χ2n) is 12.8. The normalized spacial score (nSPS) is 13.7. The number of methoxy groups -OCH3 is 1. The number of aromatic nitrogens is 3. The maximum absolute atomic E-state index is 15.5. The number of amides is 1. The highest BCUT2D eigenvalue weighted by Gasteiger charge is 2.20. The van der Waals surface area contributed by atoms with Crippen molar-refractivity contribution in [3.05, 3.63) is 119 Å². The lowest BCUT2D eigenvalue weighted by Gasteiger charge is -2.30. The van der Waals surface area contributed by atoms with Crippen LogP contribution in [0.1, 0.15) is 36.7 Å². The van der Waals surface area contributed by atoms with Crippen LogP contribution in [-0.4, -0.2) is 58.9 Å². The molecule has 1 amide bonds. The van der Waals surface area contributed by atoms with E-state index in [2.05, 4.69) is 27.2 Å². The fourth-order valence-electron chi connectivity index (χ4n) is 6.36. The number of likely N-dealkylation sites (tertiary alicyclic amines) is 1. The van der Waals surface area contributed by atoms with Gasteiger partial charge in [-0.15, -0.1) is 0 Å². The number of anilines is 1. The number of pyridine rings is 1. The first kappa shape index (κ1) is 34.6. The van der Waals surface area contributed by atoms with Crippen LogP contribution in [0, 0.1) is 17.6 Å². The summed E-state index contributed by atoms with van der Waals surface area (Å²) >= 11 is 0. The number of hydrogen-bond donors (Lipinski definition) is 1. The minimum Gasteiger partial charge on any atom is -0.493 e. The van der Waals surface area contributed by atoms with Gasteiger partial charge in [0, 0.05) is 41.3 Å². The number of ether oxygens (including phenoxy) is 3. The van der Waals surface area contributed by atoms with Crippen molar-refractivity contribution in [2.75, 3.05) is 38.7 Å². The van der Waals surface area contributed by atoms with Gasteiger partial charge in [0.05, 0.1) is 30.3 Å². The Kier molecular flexibility index (Phi) is 10.1. The molecule has 7 rings (SSSR count). The van der Waals surface area contributed by atoms with E-state index in [9.17, 15) is 14.0 Å². The van der Waals surface area contributed by atoms with Crippen molar-refractivity contribution < 1.29 is 27.8 Å². The molecule has 0 spiro atoms. The van der Waals surface area contributed by atoms with Gasteiger partial charge in [0.1, 0.15) is 11.6 Å². The van der Waals surface area contributed by atoms with E-state index in [1.807, 2.05) is 0 Å². The molecule has 1 fully saturated rings. The topological polar surface area (TPSA) is 108 Å². The minimum absolute atomic E-state index is 0.0832. The molecule has 0 aliphatic carbocycles. The van der Waals surface area contributed by atoms with E-state index >= 15 is 4.39 Å². The Morgan fingerprint density at radius 2 is 1.69 bits per heavy atom. The van der Waals surface area contributed by atoms with Crippen LogP contribution in [0.15, 0.2) is 95.9 Å². The Hall–Kier alpha value is -5.88. The molecule has 0 atom stereocenters. The summed E-state index contributed by atoms with van der Waals surface area (Å²) in [7, 11) is 1.56. The van der Waals surface area contributed by atoms with E-state index in [0.717, 1.165) is 48.8 Å². The van der Waals surface area contributed by atoms with Crippen LogP contribution >= 0.6 is 0 Å². The van der Waals surface area contributed by atoms with Gasteiger partial charge < -0.3 is 24.4 Å². The molecule has 1 aliphatic heterocycles. The molecule has 1 saturated heterocycles. The maximum Gasteiger partial charge on any atom is 0.279 e. The number of piperidine rings is 1. The smallest absolute Gasteiger partial charge is 0.279 e. The third-order valence-corrected chi connectivity index (χ3v) is 9.22. The van der Waals surface area contributed by atoms with Crippen molar-refractivity contribution in [3.8, 4) is 28.7 Å². The van der Waals surface area contributed by atoms with Crippen LogP contribution in [0.3, 0.4) is 0 Å². The first-order valence-electron chi connectivity index (χ1n) is 17.2. The van der Waals surface area contributed by atoms with Crippen molar-refractivity contribution in [2.45, 2.75) is 26.2 Å². The van der Waals surface area contributed by atoms with Crippen LogP contribution < -0.4 is 25.1 Å². The Labute approximate surface area is 298 Å². The predicted molar refractivity (Wildman–Crippen MR) is 195 cm³/mol. The van der Waals surface area contributed by atoms with Crippen molar-refractivity contribution in [3.63, 3.8) is 0 Å². The predicted octanol–water partition coefficient (Wildman–Crippen LogP) is 7.77. The number of hydrogen-bond acceptors (Lipinski definition) is 8. The SMILES string of the molecule is COc1cc2c(Oc3ccc(NC(=O)c4nn(-c5cccc(F)c5)c(=O)c5ccccc45)cc3F)ccnc2cc1OCCCN1CCC(C)CC1. The van der Waals surface area contributed by atoms with Crippen LogP contribution in [0.4, 0.5) is 14.5 Å². The number of benzene rings is 4. The van der Waals surface area contributed by atoms with Crippen molar-refractivity contribution in [2.24, 2.45) is 5.92 Å². The van der Waals surface area contributed by atoms with E-state index < -0.39 is 23.1 Å². The summed E-state index contributed by atoms with van der Waals surface area (Å²) in [5.41, 5.74) is 0.245. The van der Waals surface area contributed by atoms with Crippen LogP contribution in [0.25, 0.3) is 27.4 Å². The van der Waals surface area contributed by atoms with E-state index in [1.165, 1.54) is 43.2 Å². The van der Waals surface area contributed by atoms with E-state index in [1.54, 1.807) is 55.8 Å². The highest BCUT2D eigenvalue weighted by atomic mass is 19.1. The van der Waals surface area contributed by atoms with E-state index in [0.29, 0.717) is 40.1 Å². The number of halogens is 2. The first-order chi connectivity index (χ1) is 25.3. The zero-order chi connectivity index (χ0) is 36.2. The molecule has 0 unspecified atom stereocenters. The average Bonchev–Trinajstić information content (AvgIpc) is 3.15. The number of fused-ring (bicyclic) bond motifs is 2. The van der Waals surface area contributed by atoms with Gasteiger partial charge in [-0.1, -0.05) is 31.2 Å². The summed E-state index contributed by atoms with van der Waals surface area (Å²) in [5.74, 6) is 0.122. The molecule has 10 nitrogen and oxygen atoms in total. The first-order valence-corrected chi connectivity index (χ1v) is 17.2. The fraction of sp³-hybridized carbons (Fsp3) is 0.250. The molecular weight excluding hydrogens is 668 g/mol. The number of nitrogens with zero attached hydrogens (tertiary/aromatic N) is 4. The summed E-state index contributed by atoms with van der Waals surface area (Å²) in [6.07, 6.45) is 4.92. The lowest BCUT2D eigenvalue weighted by Crippen LogP contribution is -2.34. The second kappa shape index (κ2) is 15.2. The quantitative estimate of drug-likeness (QED) is 0.136. The summed E-state index contributed by atoms with van der Waals surface area (Å²) in [5, 5.41) is 8.03. The molecule has 4 aromatic carbocycles. The number of rotatable bonds is 11. The third kappa shape index (κ3) is 7.42. The zero-order valence-electron chi connectivity index (χ0n) is 28.8. The number of nitrogens with one attached hydrogen (secondary N) is 1. The third-order valence-electron chi connectivity index (χ3n) is 9.22. The maximum atomic E-state index is 15.5. The summed E-state index contributed by atoms with van der Waals surface area (Å²) < 4.78 is 48.2. The lowest BCUT2D eigenvalue weighted by molar-refractivity contribution is 0.102. The molecule has 12 heteroatoms. The minimum atomic E-state index is -0.736. The van der Waals surface area contributed by atoms with E-state index in [4.69, 9.17) is 14.2 Å². The molecule has 3 heterocycles. The van der Waals surface area contributed by atoms with Crippen molar-refractivity contribution in [1.82, 2.24) is 19.7 Å². The number of carbonyl (C=O) groups excluding carboxylic acids is 1. The highest BCUT2D eigenvalue weighted by molar-refractivity contribution is 6.11.